The van der Waals surface area contributed by atoms with Crippen LogP contribution in [0.4, 0.5) is 15.8 Å². The van der Waals surface area contributed by atoms with E-state index < -0.39 is 16.4 Å². The third-order valence-electron chi connectivity index (χ3n) is 2.61. The molecule has 1 aromatic rings. The minimum Gasteiger partial charge on any atom is -0.379 e. The summed E-state index contributed by atoms with van der Waals surface area (Å²) < 4.78 is 13.2. The molecular weight excluding hydrogens is 301 g/mol. The molecule has 0 saturated carbocycles. The van der Waals surface area contributed by atoms with Crippen molar-refractivity contribution in [3.05, 3.63) is 33.1 Å². The third kappa shape index (κ3) is 5.55. The summed E-state index contributed by atoms with van der Waals surface area (Å²) in [7, 11) is 0. The average molecular weight is 318 g/mol. The average Bonchev–Trinajstić information content (AvgIpc) is 2.39. The smallest absolute Gasteiger partial charge is 0.295 e. The molecule has 0 bridgehead atoms. The van der Waals surface area contributed by atoms with Crippen LogP contribution in [0, 0.1) is 21.8 Å². The largest absolute Gasteiger partial charge is 0.379 e. The summed E-state index contributed by atoms with van der Waals surface area (Å²) in [6, 6.07) is 1.89. The Hall–Kier alpha value is -1.89. The maximum absolute atomic E-state index is 13.2. The molecule has 21 heavy (non-hydrogen) atoms. The van der Waals surface area contributed by atoms with E-state index in [0.717, 1.165) is 12.1 Å². The Morgan fingerprint density at radius 1 is 1.48 bits per heavy atom. The second kappa shape index (κ2) is 7.78. The Balaban J connectivity index is 2.61. The molecule has 6 nitrogen and oxygen atoms in total. The molecule has 0 atom stereocenters. The van der Waals surface area contributed by atoms with Gasteiger partial charge in [0, 0.05) is 19.5 Å². The van der Waals surface area contributed by atoms with E-state index in [9.17, 15) is 19.3 Å². The van der Waals surface area contributed by atoms with E-state index in [1.807, 2.05) is 13.8 Å². The quantitative estimate of drug-likeness (QED) is 0.598. The van der Waals surface area contributed by atoms with Crippen molar-refractivity contribution in [1.29, 1.82) is 0 Å². The Labute approximate surface area is 126 Å². The highest BCUT2D eigenvalue weighted by molar-refractivity contribution is 6.31. The minimum absolute atomic E-state index is 0.0862. The van der Waals surface area contributed by atoms with Crippen LogP contribution < -0.4 is 10.6 Å². The number of nitrogens with one attached hydrogen (secondary N) is 2. The van der Waals surface area contributed by atoms with Crippen molar-refractivity contribution in [3.63, 3.8) is 0 Å². The van der Waals surface area contributed by atoms with Crippen molar-refractivity contribution in [3.8, 4) is 0 Å². The number of anilines is 1. The van der Waals surface area contributed by atoms with Crippen LogP contribution >= 0.6 is 11.6 Å². The van der Waals surface area contributed by atoms with Crippen LogP contribution in [0.5, 0.6) is 0 Å². The first-order valence-electron chi connectivity index (χ1n) is 6.45. The second-order valence-corrected chi connectivity index (χ2v) is 5.32. The lowest BCUT2D eigenvalue weighted by Crippen LogP contribution is -2.28. The number of hydrogen-bond acceptors (Lipinski definition) is 4. The molecule has 0 aliphatic carbocycles. The summed E-state index contributed by atoms with van der Waals surface area (Å²) in [5.74, 6) is -0.672. The summed E-state index contributed by atoms with van der Waals surface area (Å²) in [4.78, 5) is 21.6. The molecule has 0 aliphatic heterocycles. The Bertz CT molecular complexity index is 538. The zero-order valence-corrected chi connectivity index (χ0v) is 12.5. The van der Waals surface area contributed by atoms with Crippen LogP contribution in [-0.2, 0) is 4.79 Å². The number of amides is 1. The fraction of sp³-hybridized carbons (Fsp3) is 0.462. The van der Waals surface area contributed by atoms with Crippen molar-refractivity contribution in [2.75, 3.05) is 18.4 Å². The summed E-state index contributed by atoms with van der Waals surface area (Å²) in [6.07, 6.45) is 0.152. The number of halogens is 2. The predicted octanol–water partition coefficient (Wildman–Crippen LogP) is 2.96. The summed E-state index contributed by atoms with van der Waals surface area (Å²) in [5.41, 5.74) is -0.331. The molecule has 0 fully saturated rings. The first-order valence-corrected chi connectivity index (χ1v) is 6.83. The predicted molar refractivity (Wildman–Crippen MR) is 79.0 cm³/mol. The van der Waals surface area contributed by atoms with E-state index in [-0.39, 0.29) is 29.6 Å². The van der Waals surface area contributed by atoms with Gasteiger partial charge in [0.15, 0.2) is 0 Å². The first kappa shape index (κ1) is 17.2. The van der Waals surface area contributed by atoms with Crippen LogP contribution in [0.25, 0.3) is 0 Å². The first-order chi connectivity index (χ1) is 9.81. The van der Waals surface area contributed by atoms with E-state index >= 15 is 0 Å². The monoisotopic (exact) mass is 317 g/mol. The highest BCUT2D eigenvalue weighted by Gasteiger charge is 2.17. The fourth-order valence-electron chi connectivity index (χ4n) is 1.55. The number of rotatable bonds is 7. The van der Waals surface area contributed by atoms with Gasteiger partial charge in [-0.1, -0.05) is 25.4 Å². The molecule has 1 rings (SSSR count). The number of nitro groups is 1. The molecule has 8 heteroatoms. The molecular formula is C13H17ClFN3O3. The highest BCUT2D eigenvalue weighted by atomic mass is 35.5. The Morgan fingerprint density at radius 3 is 2.71 bits per heavy atom. The van der Waals surface area contributed by atoms with Gasteiger partial charge in [0.05, 0.1) is 16.0 Å². The van der Waals surface area contributed by atoms with E-state index in [2.05, 4.69) is 10.6 Å². The summed E-state index contributed by atoms with van der Waals surface area (Å²) in [5, 5.41) is 16.1. The Kier molecular flexibility index (Phi) is 6.36. The molecule has 0 spiro atoms. The number of carbonyl (C=O) groups is 1. The van der Waals surface area contributed by atoms with Gasteiger partial charge >= 0.3 is 0 Å². The van der Waals surface area contributed by atoms with Crippen molar-refractivity contribution in [2.24, 2.45) is 5.92 Å². The molecule has 0 aromatic heterocycles. The van der Waals surface area contributed by atoms with Gasteiger partial charge in [0.2, 0.25) is 5.91 Å². The normalized spacial score (nSPS) is 10.5. The zero-order valence-electron chi connectivity index (χ0n) is 11.8. The van der Waals surface area contributed by atoms with E-state index in [4.69, 9.17) is 11.6 Å². The lowest BCUT2D eigenvalue weighted by Gasteiger charge is -2.09. The van der Waals surface area contributed by atoms with Gasteiger partial charge in [0.25, 0.3) is 5.69 Å². The molecule has 116 valence electrons. The van der Waals surface area contributed by atoms with E-state index in [1.165, 1.54) is 0 Å². The topological polar surface area (TPSA) is 84.3 Å². The van der Waals surface area contributed by atoms with Gasteiger partial charge in [-0.2, -0.15) is 0 Å². The van der Waals surface area contributed by atoms with Crippen LogP contribution in [0.1, 0.15) is 20.3 Å². The van der Waals surface area contributed by atoms with Crippen LogP contribution in [0.3, 0.4) is 0 Å². The van der Waals surface area contributed by atoms with Crippen molar-refractivity contribution in [1.82, 2.24) is 5.32 Å². The number of hydrogen-bond donors (Lipinski definition) is 2. The van der Waals surface area contributed by atoms with Gasteiger partial charge < -0.3 is 10.6 Å². The highest BCUT2D eigenvalue weighted by Crippen LogP contribution is 2.30. The van der Waals surface area contributed by atoms with E-state index in [0.29, 0.717) is 12.5 Å². The molecule has 1 aromatic carbocycles. The summed E-state index contributed by atoms with van der Waals surface area (Å²) in [6.45, 7) is 4.71. The number of benzene rings is 1. The minimum atomic E-state index is -0.858. The molecule has 0 heterocycles. The molecule has 1 amide bonds. The van der Waals surface area contributed by atoms with Gasteiger partial charge in [-0.3, -0.25) is 14.9 Å². The Morgan fingerprint density at radius 2 is 2.14 bits per heavy atom. The number of carbonyl (C=O) groups excluding carboxylic acids is 1. The van der Waals surface area contributed by atoms with Crippen molar-refractivity contribution >= 4 is 28.9 Å². The summed E-state index contributed by atoms with van der Waals surface area (Å²) >= 11 is 5.60. The molecule has 0 saturated heterocycles. The standard InChI is InChI=1S/C13H17ClFN3O3/c1-8(2)7-17-13(19)3-4-16-11-5-9(14)10(15)6-12(11)18(20)21/h5-6,8,16H,3-4,7H2,1-2H3,(H,17,19). The van der Waals surface area contributed by atoms with Crippen LogP contribution in [0.2, 0.25) is 5.02 Å². The maximum Gasteiger partial charge on any atom is 0.295 e. The van der Waals surface area contributed by atoms with Crippen LogP contribution in [-0.4, -0.2) is 23.9 Å². The van der Waals surface area contributed by atoms with Gasteiger partial charge in [-0.05, 0) is 12.0 Å². The fourth-order valence-corrected chi connectivity index (χ4v) is 1.71. The number of nitro benzene ring substituents is 1. The van der Waals surface area contributed by atoms with Crippen LogP contribution in [0.15, 0.2) is 12.1 Å². The van der Waals surface area contributed by atoms with Crippen molar-refractivity contribution < 1.29 is 14.1 Å². The number of nitrogens with zero attached hydrogens (tertiary/aromatic N) is 1. The lowest BCUT2D eigenvalue weighted by molar-refractivity contribution is -0.384. The molecule has 0 radical (unpaired) electrons. The van der Waals surface area contributed by atoms with Gasteiger partial charge in [-0.25, -0.2) is 4.39 Å². The van der Waals surface area contributed by atoms with Crippen molar-refractivity contribution in [2.45, 2.75) is 20.3 Å². The zero-order chi connectivity index (χ0) is 16.0. The molecule has 0 aliphatic rings. The molecule has 0 unspecified atom stereocenters. The van der Waals surface area contributed by atoms with Gasteiger partial charge in [-0.15, -0.1) is 0 Å². The lowest BCUT2D eigenvalue weighted by atomic mass is 10.2. The maximum atomic E-state index is 13.2. The SMILES string of the molecule is CC(C)CNC(=O)CCNc1cc(Cl)c(F)cc1[N+](=O)[O-]. The van der Waals surface area contributed by atoms with E-state index in [1.54, 1.807) is 0 Å². The second-order valence-electron chi connectivity index (χ2n) is 4.92. The third-order valence-corrected chi connectivity index (χ3v) is 2.90. The molecule has 2 N–H and O–H groups in total. The van der Waals surface area contributed by atoms with Gasteiger partial charge in [0.1, 0.15) is 11.5 Å².